The molecule has 1 amide bonds. The smallest absolute Gasteiger partial charge is 0.410 e. The van der Waals surface area contributed by atoms with Crippen LogP contribution < -0.4 is 4.74 Å². The fourth-order valence-corrected chi connectivity index (χ4v) is 4.88. The zero-order valence-electron chi connectivity index (χ0n) is 19.0. The van der Waals surface area contributed by atoms with E-state index in [-0.39, 0.29) is 12.2 Å². The maximum absolute atomic E-state index is 12.3. The van der Waals surface area contributed by atoms with E-state index in [0.717, 1.165) is 36.0 Å². The van der Waals surface area contributed by atoms with Crippen molar-refractivity contribution in [2.45, 2.75) is 56.6 Å². The molecular formula is C24H30N2O5S. The molecule has 8 heteroatoms. The van der Waals surface area contributed by atoms with Gasteiger partial charge in [0.05, 0.1) is 4.90 Å². The standard InChI is InChI=1S/C24H30N2O5S/c1-24(2,3)31-23(27)26-11-9-17(10-12-26)21-14-18-13-19(15-25-22(18)30-21)16-5-7-20(8-6-16)32(4,28)29/h5-8,13,15,17,21H,9-12,14H2,1-4H3. The molecule has 2 aromatic rings. The van der Waals surface area contributed by atoms with Gasteiger partial charge in [0.2, 0.25) is 5.88 Å². The van der Waals surface area contributed by atoms with Gasteiger partial charge < -0.3 is 14.4 Å². The van der Waals surface area contributed by atoms with Gasteiger partial charge in [-0.25, -0.2) is 18.2 Å². The molecule has 0 radical (unpaired) electrons. The van der Waals surface area contributed by atoms with Gasteiger partial charge in [-0.3, -0.25) is 0 Å². The number of amides is 1. The van der Waals surface area contributed by atoms with Crippen LogP contribution in [0.4, 0.5) is 4.79 Å². The van der Waals surface area contributed by atoms with Crippen LogP contribution in [0.1, 0.15) is 39.2 Å². The summed E-state index contributed by atoms with van der Waals surface area (Å²) in [6, 6.07) is 8.93. The lowest BCUT2D eigenvalue weighted by atomic mass is 9.89. The summed E-state index contributed by atoms with van der Waals surface area (Å²) < 4.78 is 35.0. The molecule has 1 saturated heterocycles. The largest absolute Gasteiger partial charge is 0.473 e. The topological polar surface area (TPSA) is 85.8 Å². The second-order valence-corrected chi connectivity index (χ2v) is 11.7. The maximum Gasteiger partial charge on any atom is 0.410 e. The number of benzene rings is 1. The fourth-order valence-electron chi connectivity index (χ4n) is 4.25. The summed E-state index contributed by atoms with van der Waals surface area (Å²) in [6.45, 7) is 6.97. The molecule has 32 heavy (non-hydrogen) atoms. The minimum Gasteiger partial charge on any atom is -0.473 e. The van der Waals surface area contributed by atoms with Crippen LogP contribution in [0.25, 0.3) is 11.1 Å². The molecule has 172 valence electrons. The molecule has 0 bridgehead atoms. The number of nitrogens with zero attached hydrogens (tertiary/aromatic N) is 2. The molecule has 4 rings (SSSR count). The van der Waals surface area contributed by atoms with Gasteiger partial charge in [0, 0.05) is 43.1 Å². The number of rotatable bonds is 3. The van der Waals surface area contributed by atoms with Crippen molar-refractivity contribution in [2.75, 3.05) is 19.3 Å². The van der Waals surface area contributed by atoms with Crippen LogP contribution in [0.5, 0.6) is 5.88 Å². The predicted molar refractivity (Wildman–Crippen MR) is 121 cm³/mol. The molecule has 1 aromatic heterocycles. The molecule has 7 nitrogen and oxygen atoms in total. The van der Waals surface area contributed by atoms with Crippen LogP contribution in [0, 0.1) is 5.92 Å². The van der Waals surface area contributed by atoms with Gasteiger partial charge in [0.1, 0.15) is 11.7 Å². The van der Waals surface area contributed by atoms with E-state index in [1.807, 2.05) is 20.8 Å². The van der Waals surface area contributed by atoms with Gasteiger partial charge in [0.15, 0.2) is 9.84 Å². The third-order valence-electron chi connectivity index (χ3n) is 5.94. The number of pyridine rings is 1. The Morgan fingerprint density at radius 3 is 2.38 bits per heavy atom. The number of carbonyl (C=O) groups is 1. The zero-order chi connectivity index (χ0) is 23.1. The molecule has 0 aliphatic carbocycles. The van der Waals surface area contributed by atoms with Gasteiger partial charge >= 0.3 is 6.09 Å². The molecule has 3 heterocycles. The number of hydrogen-bond donors (Lipinski definition) is 0. The van der Waals surface area contributed by atoms with Crippen molar-refractivity contribution in [3.63, 3.8) is 0 Å². The Morgan fingerprint density at radius 2 is 1.78 bits per heavy atom. The van der Waals surface area contributed by atoms with Crippen molar-refractivity contribution in [2.24, 2.45) is 5.92 Å². The summed E-state index contributed by atoms with van der Waals surface area (Å²) in [5.74, 6) is 1.03. The van der Waals surface area contributed by atoms with E-state index in [1.54, 1.807) is 35.4 Å². The number of aromatic nitrogens is 1. The van der Waals surface area contributed by atoms with E-state index < -0.39 is 15.4 Å². The van der Waals surface area contributed by atoms with E-state index in [9.17, 15) is 13.2 Å². The summed E-state index contributed by atoms with van der Waals surface area (Å²) in [4.78, 5) is 18.9. The lowest BCUT2D eigenvalue weighted by Crippen LogP contribution is -2.44. The molecule has 0 saturated carbocycles. The molecular weight excluding hydrogens is 428 g/mol. The Kier molecular flexibility index (Phi) is 5.92. The van der Waals surface area contributed by atoms with Crippen molar-refractivity contribution in [1.82, 2.24) is 9.88 Å². The monoisotopic (exact) mass is 458 g/mol. The van der Waals surface area contributed by atoms with Crippen LogP contribution in [0.2, 0.25) is 0 Å². The van der Waals surface area contributed by atoms with E-state index in [4.69, 9.17) is 9.47 Å². The molecule has 1 atom stereocenters. The van der Waals surface area contributed by atoms with Crippen LogP contribution in [-0.4, -0.2) is 55.4 Å². The van der Waals surface area contributed by atoms with Gasteiger partial charge in [-0.2, -0.15) is 0 Å². The molecule has 0 N–H and O–H groups in total. The first-order chi connectivity index (χ1) is 15.0. The second-order valence-electron chi connectivity index (χ2n) is 9.65. The summed E-state index contributed by atoms with van der Waals surface area (Å²) in [6.07, 6.45) is 5.31. The number of piperidine rings is 1. The summed E-state index contributed by atoms with van der Waals surface area (Å²) in [5.41, 5.74) is 2.43. The first-order valence-electron chi connectivity index (χ1n) is 10.9. The SMILES string of the molecule is CC(C)(C)OC(=O)N1CCC(C2Cc3cc(-c4ccc(S(C)(=O)=O)cc4)cnc3O2)CC1. The van der Waals surface area contributed by atoms with Gasteiger partial charge in [-0.1, -0.05) is 12.1 Å². The molecule has 2 aliphatic heterocycles. The highest BCUT2D eigenvalue weighted by Crippen LogP contribution is 2.36. The van der Waals surface area contributed by atoms with Crippen molar-refractivity contribution >= 4 is 15.9 Å². The van der Waals surface area contributed by atoms with Crippen LogP contribution in [-0.2, 0) is 21.0 Å². The van der Waals surface area contributed by atoms with E-state index in [2.05, 4.69) is 11.1 Å². The first-order valence-corrected chi connectivity index (χ1v) is 12.8. The van der Waals surface area contributed by atoms with E-state index >= 15 is 0 Å². The lowest BCUT2D eigenvalue weighted by Gasteiger charge is -2.35. The highest BCUT2D eigenvalue weighted by atomic mass is 32.2. The summed E-state index contributed by atoms with van der Waals surface area (Å²) in [7, 11) is -3.22. The Bertz CT molecular complexity index is 1100. The molecule has 0 spiro atoms. The maximum atomic E-state index is 12.3. The normalized spacial score (nSPS) is 19.4. The Labute approximate surface area is 189 Å². The number of likely N-dealkylation sites (tertiary alicyclic amines) is 1. The third kappa shape index (κ3) is 5.06. The summed E-state index contributed by atoms with van der Waals surface area (Å²) >= 11 is 0. The minimum absolute atomic E-state index is 0.0566. The fraction of sp³-hybridized carbons (Fsp3) is 0.500. The van der Waals surface area contributed by atoms with Crippen LogP contribution in [0.3, 0.4) is 0 Å². The highest BCUT2D eigenvalue weighted by Gasteiger charge is 2.35. The Hall–Kier alpha value is -2.61. The van der Waals surface area contributed by atoms with Gasteiger partial charge in [-0.05, 0) is 63.3 Å². The third-order valence-corrected chi connectivity index (χ3v) is 7.07. The average Bonchev–Trinajstić information content (AvgIpc) is 3.15. The Balaban J connectivity index is 1.38. The Morgan fingerprint density at radius 1 is 1.12 bits per heavy atom. The number of ether oxygens (including phenoxy) is 2. The number of hydrogen-bond acceptors (Lipinski definition) is 6. The van der Waals surface area contributed by atoms with Crippen molar-refractivity contribution in [3.05, 3.63) is 42.1 Å². The predicted octanol–water partition coefficient (Wildman–Crippen LogP) is 4.10. The zero-order valence-corrected chi connectivity index (χ0v) is 19.8. The van der Waals surface area contributed by atoms with E-state index in [1.165, 1.54) is 6.26 Å². The van der Waals surface area contributed by atoms with Crippen LogP contribution >= 0.6 is 0 Å². The molecule has 1 aromatic carbocycles. The van der Waals surface area contributed by atoms with Crippen molar-refractivity contribution in [1.29, 1.82) is 0 Å². The highest BCUT2D eigenvalue weighted by molar-refractivity contribution is 7.90. The second kappa shape index (κ2) is 8.39. The first kappa shape index (κ1) is 22.6. The average molecular weight is 459 g/mol. The number of sulfone groups is 1. The molecule has 2 aliphatic rings. The molecule has 1 fully saturated rings. The number of fused-ring (bicyclic) bond motifs is 1. The van der Waals surface area contributed by atoms with Gasteiger partial charge in [-0.15, -0.1) is 0 Å². The van der Waals surface area contributed by atoms with Crippen LogP contribution in [0.15, 0.2) is 41.4 Å². The lowest BCUT2D eigenvalue weighted by molar-refractivity contribution is 0.0121. The van der Waals surface area contributed by atoms with Gasteiger partial charge in [0.25, 0.3) is 0 Å². The van der Waals surface area contributed by atoms with Crippen molar-refractivity contribution in [3.8, 4) is 17.0 Å². The quantitative estimate of drug-likeness (QED) is 0.688. The molecule has 1 unspecified atom stereocenters. The van der Waals surface area contributed by atoms with Crippen molar-refractivity contribution < 1.29 is 22.7 Å². The van der Waals surface area contributed by atoms with E-state index in [0.29, 0.717) is 29.8 Å². The number of carbonyl (C=O) groups excluding carboxylic acids is 1. The summed E-state index contributed by atoms with van der Waals surface area (Å²) in [5, 5.41) is 0. The minimum atomic E-state index is -3.22.